The summed E-state index contributed by atoms with van der Waals surface area (Å²) in [5.41, 5.74) is 4.55. The average molecular weight is 393 g/mol. The molecule has 1 fully saturated rings. The second kappa shape index (κ2) is 7.89. The molecule has 3 heterocycles. The second-order valence-corrected chi connectivity index (χ2v) is 7.21. The lowest BCUT2D eigenvalue weighted by atomic mass is 9.96. The van der Waals surface area contributed by atoms with Gasteiger partial charge in [-0.3, -0.25) is 14.9 Å². The molecule has 1 aliphatic rings. The number of nitrogens with two attached hydrogens (primary N) is 1. The number of hydrazine groups is 1. The fourth-order valence-electron chi connectivity index (χ4n) is 4.11. The van der Waals surface area contributed by atoms with Crippen molar-refractivity contribution < 1.29 is 4.79 Å². The van der Waals surface area contributed by atoms with Crippen LogP contribution in [0.3, 0.4) is 0 Å². The van der Waals surface area contributed by atoms with Crippen LogP contribution in [0.5, 0.6) is 0 Å². The standard InChI is InChI=1S/C19H23N9O/c1-22-19-24-17(15-6-7-16(18(29)25-21)28(15)26-19)13-10-23-27(11-13)14(8-9-20)12-4-2-3-5-12/h6-7,10-12,14H,2-5,8,21H2,1H3,(H,22,26)(H,25,29). The van der Waals surface area contributed by atoms with Crippen LogP contribution in [0, 0.1) is 17.2 Å². The third-order valence-corrected chi connectivity index (χ3v) is 5.56. The number of nitrogens with zero attached hydrogens (tertiary/aromatic N) is 6. The molecule has 10 nitrogen and oxygen atoms in total. The van der Waals surface area contributed by atoms with Gasteiger partial charge in [0.2, 0.25) is 5.95 Å². The van der Waals surface area contributed by atoms with E-state index < -0.39 is 5.91 Å². The molecule has 4 N–H and O–H groups in total. The van der Waals surface area contributed by atoms with Crippen molar-refractivity contribution in [2.75, 3.05) is 12.4 Å². The number of nitrogen functional groups attached to an aromatic ring is 1. The van der Waals surface area contributed by atoms with Gasteiger partial charge in [-0.15, -0.1) is 5.10 Å². The van der Waals surface area contributed by atoms with E-state index in [9.17, 15) is 10.1 Å². The summed E-state index contributed by atoms with van der Waals surface area (Å²) < 4.78 is 3.40. The van der Waals surface area contributed by atoms with Gasteiger partial charge in [-0.2, -0.15) is 10.4 Å². The van der Waals surface area contributed by atoms with Gasteiger partial charge in [-0.1, -0.05) is 12.8 Å². The number of fused-ring (bicyclic) bond motifs is 1. The van der Waals surface area contributed by atoms with Gasteiger partial charge >= 0.3 is 0 Å². The number of anilines is 1. The predicted molar refractivity (Wildman–Crippen MR) is 107 cm³/mol. The maximum atomic E-state index is 12.1. The van der Waals surface area contributed by atoms with Crippen molar-refractivity contribution in [1.82, 2.24) is 29.8 Å². The molecule has 0 radical (unpaired) electrons. The Labute approximate surface area is 167 Å². The molecule has 0 spiro atoms. The molecule has 0 saturated heterocycles. The molecular weight excluding hydrogens is 370 g/mol. The SMILES string of the molecule is CNc1nc(-c2cnn(C(CC#N)C3CCCC3)c2)c2ccc(C(=O)NN)n2n1. The number of nitrogens with one attached hydrogen (secondary N) is 2. The summed E-state index contributed by atoms with van der Waals surface area (Å²) in [5, 5.41) is 21.1. The molecule has 1 atom stereocenters. The Bertz CT molecular complexity index is 1070. The number of amides is 1. The minimum Gasteiger partial charge on any atom is -0.356 e. The number of carbonyl (C=O) groups excluding carboxylic acids is 1. The normalized spacial score (nSPS) is 15.3. The highest BCUT2D eigenvalue weighted by molar-refractivity contribution is 5.94. The number of hydrogen-bond acceptors (Lipinski definition) is 7. The predicted octanol–water partition coefficient (Wildman–Crippen LogP) is 1.88. The lowest BCUT2D eigenvalue weighted by Gasteiger charge is -2.21. The zero-order valence-electron chi connectivity index (χ0n) is 16.2. The van der Waals surface area contributed by atoms with Crippen LogP contribution in [-0.2, 0) is 0 Å². The Morgan fingerprint density at radius 1 is 1.41 bits per heavy atom. The van der Waals surface area contributed by atoms with Crippen LogP contribution in [0.15, 0.2) is 24.5 Å². The van der Waals surface area contributed by atoms with Gasteiger partial charge in [-0.05, 0) is 30.9 Å². The molecule has 0 aromatic carbocycles. The third kappa shape index (κ3) is 3.40. The van der Waals surface area contributed by atoms with Gasteiger partial charge in [0.1, 0.15) is 11.4 Å². The minimum absolute atomic E-state index is 0.0586. The van der Waals surface area contributed by atoms with Crippen molar-refractivity contribution in [2.24, 2.45) is 11.8 Å². The van der Waals surface area contributed by atoms with Gasteiger partial charge in [0.05, 0.1) is 30.2 Å². The molecule has 1 unspecified atom stereocenters. The zero-order chi connectivity index (χ0) is 20.4. The van der Waals surface area contributed by atoms with Crippen LogP contribution >= 0.6 is 0 Å². The maximum Gasteiger partial charge on any atom is 0.283 e. The van der Waals surface area contributed by atoms with E-state index in [2.05, 4.69) is 32.0 Å². The smallest absolute Gasteiger partial charge is 0.283 e. The largest absolute Gasteiger partial charge is 0.356 e. The summed E-state index contributed by atoms with van der Waals surface area (Å²) in [5.74, 6) is 5.68. The van der Waals surface area contributed by atoms with E-state index in [-0.39, 0.29) is 6.04 Å². The van der Waals surface area contributed by atoms with Crippen molar-refractivity contribution in [2.45, 2.75) is 38.1 Å². The first-order valence-electron chi connectivity index (χ1n) is 9.66. The third-order valence-electron chi connectivity index (χ3n) is 5.56. The van der Waals surface area contributed by atoms with E-state index in [1.807, 2.05) is 10.9 Å². The quantitative estimate of drug-likeness (QED) is 0.330. The molecule has 1 amide bonds. The van der Waals surface area contributed by atoms with Gasteiger partial charge in [0, 0.05) is 18.8 Å². The van der Waals surface area contributed by atoms with E-state index in [0.717, 1.165) is 18.4 Å². The highest BCUT2D eigenvalue weighted by Gasteiger charge is 2.27. The molecule has 1 saturated carbocycles. The second-order valence-electron chi connectivity index (χ2n) is 7.21. The molecule has 0 aliphatic heterocycles. The van der Waals surface area contributed by atoms with E-state index >= 15 is 0 Å². The van der Waals surface area contributed by atoms with Crippen LogP contribution in [0.4, 0.5) is 5.95 Å². The van der Waals surface area contributed by atoms with E-state index in [1.165, 1.54) is 17.4 Å². The molecular formula is C19H23N9O. The number of carbonyl (C=O) groups is 1. The summed E-state index contributed by atoms with van der Waals surface area (Å²) in [6.07, 6.45) is 8.76. The molecule has 10 heteroatoms. The topological polar surface area (TPSA) is 139 Å². The number of hydrogen-bond donors (Lipinski definition) is 3. The van der Waals surface area contributed by atoms with Crippen molar-refractivity contribution in [3.8, 4) is 17.3 Å². The number of nitriles is 1. The molecule has 3 aromatic rings. The van der Waals surface area contributed by atoms with Crippen molar-refractivity contribution in [3.05, 3.63) is 30.2 Å². The van der Waals surface area contributed by atoms with Gasteiger partial charge in [-0.25, -0.2) is 15.3 Å². The summed E-state index contributed by atoms with van der Waals surface area (Å²) in [6.45, 7) is 0. The lowest BCUT2D eigenvalue weighted by Crippen LogP contribution is -2.31. The molecule has 29 heavy (non-hydrogen) atoms. The van der Waals surface area contributed by atoms with Gasteiger partial charge in [0.25, 0.3) is 5.91 Å². The van der Waals surface area contributed by atoms with Crippen LogP contribution in [-0.4, -0.2) is 37.3 Å². The first kappa shape index (κ1) is 18.9. The zero-order valence-corrected chi connectivity index (χ0v) is 16.2. The summed E-state index contributed by atoms with van der Waals surface area (Å²) in [4.78, 5) is 16.6. The Morgan fingerprint density at radius 2 is 2.21 bits per heavy atom. The van der Waals surface area contributed by atoms with E-state index in [0.29, 0.717) is 35.2 Å². The van der Waals surface area contributed by atoms with Crippen LogP contribution in [0.25, 0.3) is 16.8 Å². The van der Waals surface area contributed by atoms with E-state index in [4.69, 9.17) is 5.84 Å². The highest BCUT2D eigenvalue weighted by atomic mass is 16.2. The average Bonchev–Trinajstić information content (AvgIpc) is 3.51. The Balaban J connectivity index is 1.78. The van der Waals surface area contributed by atoms with E-state index in [1.54, 1.807) is 25.4 Å². The molecule has 1 aliphatic carbocycles. The number of aromatic nitrogens is 5. The Hall–Kier alpha value is -3.45. The van der Waals surface area contributed by atoms with Gasteiger partial charge < -0.3 is 5.32 Å². The lowest BCUT2D eigenvalue weighted by molar-refractivity contribution is 0.0947. The molecule has 0 bridgehead atoms. The van der Waals surface area contributed by atoms with Crippen LogP contribution in [0.1, 0.15) is 48.6 Å². The summed E-state index contributed by atoms with van der Waals surface area (Å²) in [6, 6.07) is 5.79. The Kier molecular flexibility index (Phi) is 5.14. The minimum atomic E-state index is -0.442. The van der Waals surface area contributed by atoms with Gasteiger partial charge in [0.15, 0.2) is 0 Å². The summed E-state index contributed by atoms with van der Waals surface area (Å²) >= 11 is 0. The Morgan fingerprint density at radius 3 is 2.90 bits per heavy atom. The molecule has 150 valence electrons. The number of rotatable bonds is 6. The van der Waals surface area contributed by atoms with Crippen molar-refractivity contribution >= 4 is 17.4 Å². The van der Waals surface area contributed by atoms with Crippen molar-refractivity contribution in [1.29, 1.82) is 5.26 Å². The van der Waals surface area contributed by atoms with Crippen LogP contribution in [0.2, 0.25) is 0 Å². The molecule has 3 aromatic heterocycles. The first-order chi connectivity index (χ1) is 14.2. The summed E-state index contributed by atoms with van der Waals surface area (Å²) in [7, 11) is 1.71. The first-order valence-corrected chi connectivity index (χ1v) is 9.66. The fraction of sp³-hybridized carbons (Fsp3) is 0.421. The van der Waals surface area contributed by atoms with Crippen molar-refractivity contribution in [3.63, 3.8) is 0 Å². The van der Waals surface area contributed by atoms with Crippen LogP contribution < -0.4 is 16.6 Å². The molecule has 4 rings (SSSR count). The fourth-order valence-corrected chi connectivity index (χ4v) is 4.11. The maximum absolute atomic E-state index is 12.1. The highest BCUT2D eigenvalue weighted by Crippen LogP contribution is 2.36. The monoisotopic (exact) mass is 393 g/mol.